The van der Waals surface area contributed by atoms with Gasteiger partial charge in [0, 0.05) is 30.6 Å². The molecular formula is C21H21N3O2. The number of hydrogen-bond donors (Lipinski definition) is 2. The maximum Gasteiger partial charge on any atom is 0.412 e. The van der Waals surface area contributed by atoms with Gasteiger partial charge in [0.2, 0.25) is 0 Å². The quantitative estimate of drug-likeness (QED) is 0.751. The number of carbonyl (C=O) groups is 1. The highest BCUT2D eigenvalue weighted by atomic mass is 16.6. The van der Waals surface area contributed by atoms with E-state index < -0.39 is 6.09 Å². The van der Waals surface area contributed by atoms with E-state index in [0.717, 1.165) is 41.7 Å². The molecule has 0 saturated carbocycles. The lowest BCUT2D eigenvalue weighted by atomic mass is 10.1. The van der Waals surface area contributed by atoms with E-state index in [1.165, 1.54) is 5.56 Å². The molecule has 5 nitrogen and oxygen atoms in total. The van der Waals surface area contributed by atoms with Crippen molar-refractivity contribution in [3.63, 3.8) is 0 Å². The minimum absolute atomic E-state index is 0.447. The van der Waals surface area contributed by atoms with E-state index in [1.54, 1.807) is 6.07 Å². The number of hydrogen-bond acceptors (Lipinski definition) is 4. The number of nitrogens with zero attached hydrogens (tertiary/aromatic N) is 1. The van der Waals surface area contributed by atoms with Gasteiger partial charge >= 0.3 is 6.09 Å². The number of aromatic nitrogens is 1. The summed E-state index contributed by atoms with van der Waals surface area (Å²) in [6.45, 7) is 1.45. The summed E-state index contributed by atoms with van der Waals surface area (Å²) in [5.74, 6) is 1.55. The zero-order chi connectivity index (χ0) is 17.8. The van der Waals surface area contributed by atoms with Gasteiger partial charge in [0.05, 0.1) is 0 Å². The molecule has 0 unspecified atom stereocenters. The topological polar surface area (TPSA) is 63.2 Å². The van der Waals surface area contributed by atoms with Crippen LogP contribution in [0.3, 0.4) is 0 Å². The van der Waals surface area contributed by atoms with Crippen LogP contribution >= 0.6 is 0 Å². The lowest BCUT2D eigenvalue weighted by Gasteiger charge is -2.17. The highest BCUT2D eigenvalue weighted by Crippen LogP contribution is 2.25. The first-order chi connectivity index (χ1) is 12.8. The standard InChI is InChI=1S/C21H21N3O2/c25-21(26-19-9-3-6-15-5-1-2-8-18(15)19)23-14-12-17-11-10-16-7-4-13-22-20(16)24-17/h1-3,5-6,8-11H,4,7,12-14H2,(H,22,24)(H,23,25). The van der Waals surface area contributed by atoms with Crippen LogP contribution in [-0.2, 0) is 12.8 Å². The molecule has 1 aromatic heterocycles. The Labute approximate surface area is 152 Å². The highest BCUT2D eigenvalue weighted by molar-refractivity contribution is 5.90. The van der Waals surface area contributed by atoms with Gasteiger partial charge in [0.25, 0.3) is 0 Å². The first-order valence-electron chi connectivity index (χ1n) is 8.96. The lowest BCUT2D eigenvalue weighted by molar-refractivity contribution is 0.201. The fraction of sp³-hybridized carbons (Fsp3) is 0.238. The summed E-state index contributed by atoms with van der Waals surface area (Å²) in [7, 11) is 0. The Hall–Kier alpha value is -3.08. The summed E-state index contributed by atoms with van der Waals surface area (Å²) >= 11 is 0. The van der Waals surface area contributed by atoms with Crippen molar-refractivity contribution in [3.8, 4) is 5.75 Å². The molecule has 0 saturated heterocycles. The first-order valence-corrected chi connectivity index (χ1v) is 8.96. The maximum atomic E-state index is 12.1. The van der Waals surface area contributed by atoms with Gasteiger partial charge in [-0.25, -0.2) is 9.78 Å². The van der Waals surface area contributed by atoms with Crippen molar-refractivity contribution in [2.24, 2.45) is 0 Å². The Morgan fingerprint density at radius 2 is 2.00 bits per heavy atom. The van der Waals surface area contributed by atoms with E-state index in [-0.39, 0.29) is 0 Å². The molecule has 0 fully saturated rings. The molecule has 5 heteroatoms. The van der Waals surface area contributed by atoms with Crippen LogP contribution in [0.5, 0.6) is 5.75 Å². The van der Waals surface area contributed by atoms with Gasteiger partial charge in [-0.15, -0.1) is 0 Å². The number of ether oxygens (including phenoxy) is 1. The van der Waals surface area contributed by atoms with Gasteiger partial charge in [-0.3, -0.25) is 0 Å². The zero-order valence-corrected chi connectivity index (χ0v) is 14.5. The van der Waals surface area contributed by atoms with Gasteiger partial charge in [-0.05, 0) is 35.9 Å². The predicted octanol–water partition coefficient (Wildman–Crippen LogP) is 3.92. The Kier molecular flexibility index (Phi) is 4.69. The molecule has 2 heterocycles. The number of nitrogens with one attached hydrogen (secondary N) is 2. The number of amides is 1. The molecule has 3 aromatic rings. The van der Waals surface area contributed by atoms with Crippen LogP contribution < -0.4 is 15.4 Å². The molecule has 2 N–H and O–H groups in total. The molecule has 2 aromatic carbocycles. The second kappa shape index (κ2) is 7.44. The summed E-state index contributed by atoms with van der Waals surface area (Å²) in [5.41, 5.74) is 2.23. The number of anilines is 1. The molecular weight excluding hydrogens is 326 g/mol. The van der Waals surface area contributed by atoms with Crippen molar-refractivity contribution in [3.05, 3.63) is 65.9 Å². The second-order valence-electron chi connectivity index (χ2n) is 6.38. The van der Waals surface area contributed by atoms with Crippen molar-refractivity contribution in [1.82, 2.24) is 10.3 Å². The normalized spacial score (nSPS) is 12.9. The third-order valence-corrected chi connectivity index (χ3v) is 4.55. The molecule has 1 amide bonds. The van der Waals surface area contributed by atoms with Gasteiger partial charge < -0.3 is 15.4 Å². The molecule has 4 rings (SSSR count). The van der Waals surface area contributed by atoms with Crippen molar-refractivity contribution < 1.29 is 9.53 Å². The third kappa shape index (κ3) is 3.61. The second-order valence-corrected chi connectivity index (χ2v) is 6.38. The molecule has 26 heavy (non-hydrogen) atoms. The van der Waals surface area contributed by atoms with Crippen molar-refractivity contribution in [2.75, 3.05) is 18.4 Å². The Morgan fingerprint density at radius 1 is 1.12 bits per heavy atom. The summed E-state index contributed by atoms with van der Waals surface area (Å²) in [6.07, 6.45) is 2.44. The van der Waals surface area contributed by atoms with Crippen molar-refractivity contribution in [2.45, 2.75) is 19.3 Å². The van der Waals surface area contributed by atoms with E-state index >= 15 is 0 Å². The van der Waals surface area contributed by atoms with Crippen molar-refractivity contribution >= 4 is 22.7 Å². The number of benzene rings is 2. The number of fused-ring (bicyclic) bond motifs is 2. The first kappa shape index (κ1) is 16.4. The van der Waals surface area contributed by atoms with E-state index in [9.17, 15) is 4.79 Å². The van der Waals surface area contributed by atoms with Crippen molar-refractivity contribution in [1.29, 1.82) is 0 Å². The number of pyridine rings is 1. The smallest absolute Gasteiger partial charge is 0.410 e. The van der Waals surface area contributed by atoms with Crippen LogP contribution in [0.25, 0.3) is 10.8 Å². The fourth-order valence-corrected chi connectivity index (χ4v) is 3.22. The highest BCUT2D eigenvalue weighted by Gasteiger charge is 2.11. The van der Waals surface area contributed by atoms with Gasteiger partial charge in [-0.1, -0.05) is 42.5 Å². The molecule has 1 aliphatic heterocycles. The zero-order valence-electron chi connectivity index (χ0n) is 14.5. The lowest BCUT2D eigenvalue weighted by Crippen LogP contribution is -2.29. The average Bonchev–Trinajstić information content (AvgIpc) is 2.68. The molecule has 1 aliphatic rings. The van der Waals surface area contributed by atoms with E-state index in [0.29, 0.717) is 18.7 Å². The largest absolute Gasteiger partial charge is 0.412 e. The van der Waals surface area contributed by atoms with Gasteiger partial charge in [0.15, 0.2) is 0 Å². The number of rotatable bonds is 4. The van der Waals surface area contributed by atoms with Gasteiger partial charge in [0.1, 0.15) is 11.6 Å². The SMILES string of the molecule is O=C(NCCc1ccc2c(n1)NCCC2)Oc1cccc2ccccc12. The number of carbonyl (C=O) groups excluding carboxylic acids is 1. The molecule has 0 radical (unpaired) electrons. The fourth-order valence-electron chi connectivity index (χ4n) is 3.22. The minimum atomic E-state index is -0.447. The van der Waals surface area contributed by atoms with Crippen LogP contribution in [-0.4, -0.2) is 24.2 Å². The van der Waals surface area contributed by atoms with E-state index in [2.05, 4.69) is 21.7 Å². The Balaban J connectivity index is 1.34. The third-order valence-electron chi connectivity index (χ3n) is 4.55. The van der Waals surface area contributed by atoms with Gasteiger partial charge in [-0.2, -0.15) is 0 Å². The molecule has 0 bridgehead atoms. The summed E-state index contributed by atoms with van der Waals surface area (Å²) in [6, 6.07) is 17.7. The van der Waals surface area contributed by atoms with Crippen LogP contribution in [0.1, 0.15) is 17.7 Å². The summed E-state index contributed by atoms with van der Waals surface area (Å²) in [4.78, 5) is 16.7. The van der Waals surface area contributed by atoms with Crippen LogP contribution in [0.4, 0.5) is 10.6 Å². The monoisotopic (exact) mass is 347 g/mol. The summed E-state index contributed by atoms with van der Waals surface area (Å²) < 4.78 is 5.47. The Morgan fingerprint density at radius 3 is 2.96 bits per heavy atom. The van der Waals surface area contributed by atoms with Crippen LogP contribution in [0.2, 0.25) is 0 Å². The molecule has 0 aliphatic carbocycles. The maximum absolute atomic E-state index is 12.1. The average molecular weight is 347 g/mol. The number of aryl methyl sites for hydroxylation is 1. The van der Waals surface area contributed by atoms with Crippen LogP contribution in [0, 0.1) is 0 Å². The molecule has 0 spiro atoms. The summed E-state index contributed by atoms with van der Waals surface area (Å²) in [5, 5.41) is 8.10. The van der Waals surface area contributed by atoms with E-state index in [4.69, 9.17) is 4.74 Å². The molecule has 132 valence electrons. The molecule has 0 atom stereocenters. The van der Waals surface area contributed by atoms with Crippen LogP contribution in [0.15, 0.2) is 54.6 Å². The van der Waals surface area contributed by atoms with E-state index in [1.807, 2.05) is 42.5 Å². The minimum Gasteiger partial charge on any atom is -0.410 e. The Bertz CT molecular complexity index is 934. The predicted molar refractivity (Wildman–Crippen MR) is 103 cm³/mol.